The number of nitrogen functional groups attached to an aromatic ring is 1. The lowest BCUT2D eigenvalue weighted by atomic mass is 10.4. The van der Waals surface area contributed by atoms with Crippen LogP contribution in [0.4, 0.5) is 5.82 Å². The zero-order chi connectivity index (χ0) is 14.6. The lowest BCUT2D eigenvalue weighted by Gasteiger charge is -2.19. The molecule has 0 aromatic carbocycles. The number of anilines is 1. The molecule has 1 aliphatic carbocycles. The first kappa shape index (κ1) is 15.2. The van der Waals surface area contributed by atoms with E-state index in [1.54, 1.807) is 6.07 Å². The van der Waals surface area contributed by atoms with E-state index in [2.05, 4.69) is 27.0 Å². The molecule has 1 aromatic rings. The van der Waals surface area contributed by atoms with Gasteiger partial charge < -0.3 is 5.43 Å². The molecule has 4 N–H and O–H groups in total. The fourth-order valence-electron chi connectivity index (χ4n) is 2.16. The largest absolute Gasteiger partial charge is 0.307 e. The van der Waals surface area contributed by atoms with Gasteiger partial charge in [-0.05, 0) is 31.5 Å². The number of hydrogen-bond acceptors (Lipinski definition) is 6. The number of nitrogens with zero attached hydrogens (tertiary/aromatic N) is 2. The van der Waals surface area contributed by atoms with Crippen LogP contribution in [0, 0.1) is 0 Å². The van der Waals surface area contributed by atoms with Gasteiger partial charge in [-0.1, -0.05) is 6.92 Å². The molecular formula is C12H21N5O2S. The quantitative estimate of drug-likeness (QED) is 0.466. The third-order valence-corrected chi connectivity index (χ3v) is 4.85. The molecule has 0 amide bonds. The van der Waals surface area contributed by atoms with Crippen LogP contribution in [0.3, 0.4) is 0 Å². The Bertz CT molecular complexity index is 545. The van der Waals surface area contributed by atoms with Gasteiger partial charge in [0.15, 0.2) is 5.82 Å². The maximum Gasteiger partial charge on any atom is 0.244 e. The average Bonchev–Trinajstić information content (AvgIpc) is 3.28. The summed E-state index contributed by atoms with van der Waals surface area (Å²) in [5, 5.41) is 0. The molecule has 1 aliphatic rings. The van der Waals surface area contributed by atoms with E-state index in [4.69, 9.17) is 5.84 Å². The first-order chi connectivity index (χ1) is 9.58. The molecule has 1 aromatic heterocycles. The number of likely N-dealkylation sites (N-methyl/N-ethyl adjacent to an activating group) is 1. The summed E-state index contributed by atoms with van der Waals surface area (Å²) >= 11 is 0. The zero-order valence-electron chi connectivity index (χ0n) is 11.5. The highest BCUT2D eigenvalue weighted by Gasteiger charge is 2.27. The molecule has 8 heteroatoms. The van der Waals surface area contributed by atoms with E-state index in [0.29, 0.717) is 19.1 Å². The summed E-state index contributed by atoms with van der Waals surface area (Å²) in [6, 6.07) is 3.67. The summed E-state index contributed by atoms with van der Waals surface area (Å²) in [6.07, 6.45) is 3.91. The Hall–Kier alpha value is -1.22. The van der Waals surface area contributed by atoms with E-state index in [9.17, 15) is 8.42 Å². The van der Waals surface area contributed by atoms with Crippen molar-refractivity contribution in [2.45, 2.75) is 30.7 Å². The predicted octanol–water partition coefficient (Wildman–Crippen LogP) is 0.130. The summed E-state index contributed by atoms with van der Waals surface area (Å²) in [6.45, 7) is 4.12. The van der Waals surface area contributed by atoms with Crippen molar-refractivity contribution in [1.29, 1.82) is 0 Å². The van der Waals surface area contributed by atoms with E-state index in [1.165, 1.54) is 25.1 Å². The molecule has 20 heavy (non-hydrogen) atoms. The molecule has 0 bridgehead atoms. The molecule has 2 rings (SSSR count). The van der Waals surface area contributed by atoms with Gasteiger partial charge in [0.2, 0.25) is 10.0 Å². The summed E-state index contributed by atoms with van der Waals surface area (Å²) < 4.78 is 27.0. The lowest BCUT2D eigenvalue weighted by molar-refractivity contribution is 0.282. The minimum Gasteiger partial charge on any atom is -0.307 e. The molecule has 1 saturated carbocycles. The molecule has 0 spiro atoms. The number of pyridine rings is 1. The van der Waals surface area contributed by atoms with Crippen LogP contribution in [0.2, 0.25) is 0 Å². The maximum absolute atomic E-state index is 12.2. The van der Waals surface area contributed by atoms with Gasteiger partial charge in [0.1, 0.15) is 4.90 Å². The van der Waals surface area contributed by atoms with Gasteiger partial charge in [-0.25, -0.2) is 24.0 Å². The number of nitrogens with two attached hydrogens (primary N) is 1. The minimum absolute atomic E-state index is 0.0666. The molecule has 0 radical (unpaired) electrons. The number of nitrogens with one attached hydrogen (secondary N) is 2. The van der Waals surface area contributed by atoms with Crippen LogP contribution in [0.5, 0.6) is 0 Å². The number of hydrazine groups is 1. The van der Waals surface area contributed by atoms with E-state index in [-0.39, 0.29) is 10.7 Å². The summed E-state index contributed by atoms with van der Waals surface area (Å²) in [4.78, 5) is 6.25. The summed E-state index contributed by atoms with van der Waals surface area (Å²) in [7, 11) is -3.59. The molecule has 0 aliphatic heterocycles. The van der Waals surface area contributed by atoms with Gasteiger partial charge in [-0.3, -0.25) is 4.90 Å². The van der Waals surface area contributed by atoms with Crippen molar-refractivity contribution in [2.24, 2.45) is 5.84 Å². The van der Waals surface area contributed by atoms with Crippen molar-refractivity contribution in [2.75, 3.05) is 25.1 Å². The van der Waals surface area contributed by atoms with Crippen LogP contribution in [-0.2, 0) is 10.0 Å². The van der Waals surface area contributed by atoms with Crippen molar-refractivity contribution in [3.63, 3.8) is 0 Å². The minimum atomic E-state index is -3.59. The highest BCUT2D eigenvalue weighted by atomic mass is 32.2. The average molecular weight is 299 g/mol. The Morgan fingerprint density at radius 1 is 1.50 bits per heavy atom. The smallest absolute Gasteiger partial charge is 0.244 e. The third-order valence-electron chi connectivity index (χ3n) is 3.36. The van der Waals surface area contributed by atoms with Crippen LogP contribution < -0.4 is 16.0 Å². The van der Waals surface area contributed by atoms with Crippen molar-refractivity contribution in [3.8, 4) is 0 Å². The van der Waals surface area contributed by atoms with Gasteiger partial charge in [0.05, 0.1) is 0 Å². The Morgan fingerprint density at radius 2 is 2.25 bits per heavy atom. The molecule has 112 valence electrons. The topological polar surface area (TPSA) is 100 Å². The van der Waals surface area contributed by atoms with Crippen LogP contribution in [0.1, 0.15) is 19.8 Å². The van der Waals surface area contributed by atoms with Crippen LogP contribution in [-0.4, -0.2) is 44.0 Å². The lowest BCUT2D eigenvalue weighted by Crippen LogP contribution is -2.36. The highest BCUT2D eigenvalue weighted by molar-refractivity contribution is 7.89. The van der Waals surface area contributed by atoms with E-state index in [0.717, 1.165) is 6.54 Å². The molecule has 7 nitrogen and oxygen atoms in total. The maximum atomic E-state index is 12.2. The number of hydrogen-bond donors (Lipinski definition) is 3. The predicted molar refractivity (Wildman–Crippen MR) is 77.5 cm³/mol. The molecular weight excluding hydrogens is 278 g/mol. The van der Waals surface area contributed by atoms with Crippen molar-refractivity contribution in [1.82, 2.24) is 14.6 Å². The summed E-state index contributed by atoms with van der Waals surface area (Å²) in [5.41, 5.74) is 2.30. The van der Waals surface area contributed by atoms with E-state index < -0.39 is 10.0 Å². The molecule has 1 fully saturated rings. The second kappa shape index (κ2) is 6.49. The Morgan fingerprint density at radius 3 is 2.85 bits per heavy atom. The van der Waals surface area contributed by atoms with Gasteiger partial charge in [-0.2, -0.15) is 0 Å². The monoisotopic (exact) mass is 299 g/mol. The standard InChI is InChI=1S/C12H21N5O2S/c1-2-17(10-5-6-10)9-8-15-20(18,19)11-4-3-7-14-12(11)16-13/h3-4,7,10,15H,2,5-6,8-9,13H2,1H3,(H,14,16). The second-order valence-electron chi connectivity index (χ2n) is 4.75. The first-order valence-corrected chi connectivity index (χ1v) is 8.22. The van der Waals surface area contributed by atoms with Crippen LogP contribution in [0.25, 0.3) is 0 Å². The molecule has 1 heterocycles. The van der Waals surface area contributed by atoms with Gasteiger partial charge in [-0.15, -0.1) is 0 Å². The molecule has 0 atom stereocenters. The Labute approximate surface area is 119 Å². The SMILES string of the molecule is CCN(CCNS(=O)(=O)c1cccnc1NN)C1CC1. The fraction of sp³-hybridized carbons (Fsp3) is 0.583. The Kier molecular flexibility index (Phi) is 4.92. The van der Waals surface area contributed by atoms with Crippen molar-refractivity contribution < 1.29 is 8.42 Å². The normalized spacial score (nSPS) is 15.6. The second-order valence-corrected chi connectivity index (χ2v) is 6.49. The Balaban J connectivity index is 1.96. The first-order valence-electron chi connectivity index (χ1n) is 6.74. The van der Waals surface area contributed by atoms with Crippen molar-refractivity contribution in [3.05, 3.63) is 18.3 Å². The van der Waals surface area contributed by atoms with Crippen LogP contribution in [0.15, 0.2) is 23.2 Å². The van der Waals surface area contributed by atoms with Gasteiger partial charge in [0, 0.05) is 25.3 Å². The van der Waals surface area contributed by atoms with Gasteiger partial charge in [0.25, 0.3) is 0 Å². The zero-order valence-corrected chi connectivity index (χ0v) is 12.4. The van der Waals surface area contributed by atoms with Crippen molar-refractivity contribution >= 4 is 15.8 Å². The summed E-state index contributed by atoms with van der Waals surface area (Å²) in [5.74, 6) is 5.43. The van der Waals surface area contributed by atoms with E-state index in [1.807, 2.05) is 0 Å². The number of rotatable bonds is 8. The third kappa shape index (κ3) is 3.66. The number of sulfonamides is 1. The highest BCUT2D eigenvalue weighted by Crippen LogP contribution is 2.26. The van der Waals surface area contributed by atoms with Crippen LogP contribution >= 0.6 is 0 Å². The van der Waals surface area contributed by atoms with E-state index >= 15 is 0 Å². The fourth-order valence-corrected chi connectivity index (χ4v) is 3.30. The van der Waals surface area contributed by atoms with Gasteiger partial charge >= 0.3 is 0 Å². The molecule has 0 saturated heterocycles. The number of aromatic nitrogens is 1. The molecule has 0 unspecified atom stereocenters.